The lowest BCUT2D eigenvalue weighted by atomic mass is 10.0. The van der Waals surface area contributed by atoms with Crippen LogP contribution in [0.15, 0.2) is 36.5 Å². The van der Waals surface area contributed by atoms with Crippen molar-refractivity contribution in [1.29, 1.82) is 0 Å². The summed E-state index contributed by atoms with van der Waals surface area (Å²) in [5, 5.41) is 26.6. The Bertz CT molecular complexity index is 1020. The van der Waals surface area contributed by atoms with E-state index in [9.17, 15) is 9.59 Å². The summed E-state index contributed by atoms with van der Waals surface area (Å²) in [5.41, 5.74) is 3.91. The van der Waals surface area contributed by atoms with Crippen molar-refractivity contribution < 1.29 is 19.9 Å². The number of hydroxylamine groups is 1. The molecule has 1 atom stereocenters. The van der Waals surface area contributed by atoms with Crippen LogP contribution in [-0.4, -0.2) is 42.2 Å². The van der Waals surface area contributed by atoms with Crippen LogP contribution in [0.1, 0.15) is 41.6 Å². The molecule has 3 aromatic rings. The van der Waals surface area contributed by atoms with Gasteiger partial charge in [0.05, 0.1) is 17.8 Å². The van der Waals surface area contributed by atoms with E-state index in [0.717, 1.165) is 22.7 Å². The number of carbonyl (C=O) groups is 2. The van der Waals surface area contributed by atoms with Crippen molar-refractivity contribution in [2.75, 3.05) is 0 Å². The Morgan fingerprint density at radius 3 is 2.74 bits per heavy atom. The molecule has 9 nitrogen and oxygen atoms in total. The van der Waals surface area contributed by atoms with Gasteiger partial charge in [0.2, 0.25) is 0 Å². The van der Waals surface area contributed by atoms with Crippen LogP contribution in [-0.2, 0) is 4.79 Å². The number of hydrogen-bond donors (Lipinski definition) is 4. The molecule has 0 aliphatic carbocycles. The average molecular weight is 369 g/mol. The van der Waals surface area contributed by atoms with Gasteiger partial charge in [0.1, 0.15) is 5.69 Å². The molecule has 2 heterocycles. The Morgan fingerprint density at radius 1 is 1.30 bits per heavy atom. The summed E-state index contributed by atoms with van der Waals surface area (Å²) in [7, 11) is 0. The van der Waals surface area contributed by atoms with Crippen LogP contribution in [0.5, 0.6) is 0 Å². The van der Waals surface area contributed by atoms with Gasteiger partial charge in [0.25, 0.3) is 5.91 Å². The monoisotopic (exact) mass is 369 g/mol. The van der Waals surface area contributed by atoms with Crippen LogP contribution in [0.25, 0.3) is 17.0 Å². The van der Waals surface area contributed by atoms with E-state index in [1.54, 1.807) is 29.1 Å². The maximum Gasteiger partial charge on any atom is 0.335 e. The minimum Gasteiger partial charge on any atom is -0.478 e. The third-order valence-electron chi connectivity index (χ3n) is 4.17. The van der Waals surface area contributed by atoms with Crippen molar-refractivity contribution in [2.24, 2.45) is 5.92 Å². The number of H-pyrrole nitrogens is 1. The van der Waals surface area contributed by atoms with Gasteiger partial charge in [-0.1, -0.05) is 19.1 Å². The van der Waals surface area contributed by atoms with Crippen molar-refractivity contribution in [1.82, 2.24) is 25.5 Å². The molecule has 4 N–H and O–H groups in total. The van der Waals surface area contributed by atoms with E-state index in [1.165, 1.54) is 11.6 Å². The van der Waals surface area contributed by atoms with Gasteiger partial charge >= 0.3 is 5.97 Å². The number of carboxylic acid groups (broad SMARTS) is 1. The summed E-state index contributed by atoms with van der Waals surface area (Å²) in [4.78, 5) is 25.6. The normalized spacial score (nSPS) is 12.7. The number of benzene rings is 1. The van der Waals surface area contributed by atoms with E-state index in [2.05, 4.69) is 15.3 Å². The highest BCUT2D eigenvalue weighted by Crippen LogP contribution is 2.29. The maximum atomic E-state index is 11.2. The molecule has 0 radical (unpaired) electrons. The molecule has 0 saturated heterocycles. The van der Waals surface area contributed by atoms with Gasteiger partial charge in [-0.05, 0) is 36.3 Å². The molecule has 3 rings (SSSR count). The number of fused-ring (bicyclic) bond motifs is 1. The molecule has 1 amide bonds. The van der Waals surface area contributed by atoms with Gasteiger partial charge < -0.3 is 10.1 Å². The van der Waals surface area contributed by atoms with Gasteiger partial charge in [-0.3, -0.25) is 10.0 Å². The van der Waals surface area contributed by atoms with E-state index in [-0.39, 0.29) is 17.5 Å². The number of aromatic amines is 1. The molecule has 9 heteroatoms. The lowest BCUT2D eigenvalue weighted by Crippen LogP contribution is -2.17. The second-order valence-electron chi connectivity index (χ2n) is 6.45. The molecule has 0 saturated carbocycles. The number of nitrogens with zero attached hydrogens (tertiary/aromatic N) is 3. The van der Waals surface area contributed by atoms with Crippen molar-refractivity contribution in [2.45, 2.75) is 19.9 Å². The molecule has 0 fully saturated rings. The summed E-state index contributed by atoms with van der Waals surface area (Å²) in [5.74, 6) is -1.47. The standard InChI is InChI=1S/C18H19N5O4/c1-10(2)17(23-9-13(20-22-23)4-6-16(24)21-27)15-8-12-7-11(18(25)26)3-5-14(12)19-15/h3-10,17,19,27H,1-2H3,(H,21,24)(H,25,26). The van der Waals surface area contributed by atoms with Gasteiger partial charge in [-0.25, -0.2) is 15.0 Å². The third kappa shape index (κ3) is 3.87. The number of hydrogen-bond acceptors (Lipinski definition) is 5. The molecule has 140 valence electrons. The minimum absolute atomic E-state index is 0.160. The van der Waals surface area contributed by atoms with E-state index in [0.29, 0.717) is 5.69 Å². The van der Waals surface area contributed by atoms with Crippen molar-refractivity contribution in [3.63, 3.8) is 0 Å². The summed E-state index contributed by atoms with van der Waals surface area (Å²) in [6, 6.07) is 6.66. The summed E-state index contributed by atoms with van der Waals surface area (Å²) >= 11 is 0. The van der Waals surface area contributed by atoms with Crippen LogP contribution in [0, 0.1) is 5.92 Å². The fourth-order valence-corrected chi connectivity index (χ4v) is 2.96. The molecular weight excluding hydrogens is 350 g/mol. The number of amides is 1. The van der Waals surface area contributed by atoms with E-state index in [4.69, 9.17) is 10.3 Å². The zero-order chi connectivity index (χ0) is 19.6. The molecule has 1 unspecified atom stereocenters. The van der Waals surface area contributed by atoms with E-state index >= 15 is 0 Å². The van der Waals surface area contributed by atoms with Crippen LogP contribution in [0.4, 0.5) is 0 Å². The second kappa shape index (κ2) is 7.42. The van der Waals surface area contributed by atoms with E-state index in [1.807, 2.05) is 19.9 Å². The van der Waals surface area contributed by atoms with Gasteiger partial charge in [-0.15, -0.1) is 5.10 Å². The van der Waals surface area contributed by atoms with Gasteiger partial charge in [0.15, 0.2) is 0 Å². The predicted octanol–water partition coefficient (Wildman–Crippen LogP) is 2.22. The number of aromatic nitrogens is 4. The molecular formula is C18H19N5O4. The smallest absolute Gasteiger partial charge is 0.335 e. The highest BCUT2D eigenvalue weighted by atomic mass is 16.5. The first-order valence-corrected chi connectivity index (χ1v) is 8.29. The highest BCUT2D eigenvalue weighted by Gasteiger charge is 2.22. The molecule has 27 heavy (non-hydrogen) atoms. The molecule has 0 aliphatic heterocycles. The van der Waals surface area contributed by atoms with Gasteiger partial charge in [-0.2, -0.15) is 0 Å². The maximum absolute atomic E-state index is 11.2. The lowest BCUT2D eigenvalue weighted by molar-refractivity contribution is -0.124. The second-order valence-corrected chi connectivity index (χ2v) is 6.45. The van der Waals surface area contributed by atoms with Crippen LogP contribution in [0.2, 0.25) is 0 Å². The van der Waals surface area contributed by atoms with Crippen LogP contribution in [0.3, 0.4) is 0 Å². The first-order valence-electron chi connectivity index (χ1n) is 8.29. The molecule has 2 aromatic heterocycles. The van der Waals surface area contributed by atoms with Crippen molar-refractivity contribution >= 4 is 28.9 Å². The Balaban J connectivity index is 1.95. The summed E-state index contributed by atoms with van der Waals surface area (Å²) < 4.78 is 1.68. The van der Waals surface area contributed by atoms with Crippen LogP contribution < -0.4 is 5.48 Å². The fraction of sp³-hybridized carbons (Fsp3) is 0.222. The average Bonchev–Trinajstić information content (AvgIpc) is 3.25. The zero-order valence-electron chi connectivity index (χ0n) is 14.7. The lowest BCUT2D eigenvalue weighted by Gasteiger charge is -2.19. The molecule has 0 spiro atoms. The fourth-order valence-electron chi connectivity index (χ4n) is 2.96. The van der Waals surface area contributed by atoms with Crippen LogP contribution >= 0.6 is 0 Å². The minimum atomic E-state index is -0.973. The largest absolute Gasteiger partial charge is 0.478 e. The third-order valence-corrected chi connectivity index (χ3v) is 4.17. The summed E-state index contributed by atoms with van der Waals surface area (Å²) in [6.07, 6.45) is 4.28. The van der Waals surface area contributed by atoms with E-state index < -0.39 is 11.9 Å². The Morgan fingerprint density at radius 2 is 2.07 bits per heavy atom. The highest BCUT2D eigenvalue weighted by molar-refractivity contribution is 5.93. The molecule has 1 aromatic carbocycles. The summed E-state index contributed by atoms with van der Waals surface area (Å²) in [6.45, 7) is 4.07. The van der Waals surface area contributed by atoms with Crippen molar-refractivity contribution in [3.05, 3.63) is 53.5 Å². The number of nitrogens with one attached hydrogen (secondary N) is 2. The first kappa shape index (κ1) is 18.3. The number of rotatable bonds is 6. The zero-order valence-corrected chi connectivity index (χ0v) is 14.7. The Hall–Kier alpha value is -3.46. The first-order chi connectivity index (χ1) is 12.9. The predicted molar refractivity (Wildman–Crippen MR) is 97.2 cm³/mol. The van der Waals surface area contributed by atoms with Gasteiger partial charge in [0, 0.05) is 22.7 Å². The topological polar surface area (TPSA) is 133 Å². The Labute approximate surface area is 154 Å². The number of carboxylic acids is 1. The quantitative estimate of drug-likeness (QED) is 0.299. The molecule has 0 aliphatic rings. The number of carbonyl (C=O) groups excluding carboxylic acids is 1. The SMILES string of the molecule is CC(C)C(c1cc2cc(C(=O)O)ccc2[nH]1)n1cc(C=CC(=O)NO)nn1. The van der Waals surface area contributed by atoms with Crippen molar-refractivity contribution in [3.8, 4) is 0 Å². The molecule has 0 bridgehead atoms. The number of aromatic carboxylic acids is 1. The Kier molecular flexibility index (Phi) is 5.04.